The molecular weight excluding hydrogens is 460 g/mol. The van der Waals surface area contributed by atoms with Gasteiger partial charge in [-0.2, -0.15) is 0 Å². The van der Waals surface area contributed by atoms with Gasteiger partial charge in [-0.15, -0.1) is 0 Å². The lowest BCUT2D eigenvalue weighted by Crippen LogP contribution is -2.35. The number of rotatable bonds is 7. The van der Waals surface area contributed by atoms with Crippen LogP contribution in [0, 0.1) is 28.9 Å². The average molecular weight is 483 g/mol. The highest BCUT2D eigenvalue weighted by atomic mass is 35.5. The molecule has 1 saturated heterocycles. The molecular formula is C24H23ClN4O5. The van der Waals surface area contributed by atoms with Gasteiger partial charge in [-0.05, 0) is 43.5 Å². The molecule has 2 aromatic carbocycles. The molecule has 0 bridgehead atoms. The summed E-state index contributed by atoms with van der Waals surface area (Å²) in [5.41, 5.74) is 1.46. The van der Waals surface area contributed by atoms with E-state index in [2.05, 4.69) is 10.6 Å². The lowest BCUT2D eigenvalue weighted by Gasteiger charge is -2.17. The number of non-ortho nitro benzene ring substituents is 1. The van der Waals surface area contributed by atoms with Crippen molar-refractivity contribution in [1.82, 2.24) is 4.90 Å². The molecule has 1 aliphatic heterocycles. The topological polar surface area (TPSA) is 122 Å². The molecule has 1 heterocycles. The zero-order valence-corrected chi connectivity index (χ0v) is 19.2. The quantitative estimate of drug-likeness (QED) is 0.264. The Hall–Kier alpha value is -3.72. The molecule has 1 fully saturated rings. The molecule has 2 aliphatic rings. The zero-order chi connectivity index (χ0) is 24.4. The van der Waals surface area contributed by atoms with Crippen molar-refractivity contribution in [3.05, 3.63) is 74.8 Å². The van der Waals surface area contributed by atoms with Crippen molar-refractivity contribution in [2.45, 2.75) is 19.8 Å². The number of allylic oxidation sites excluding steroid dienone is 2. The van der Waals surface area contributed by atoms with Crippen molar-refractivity contribution < 1.29 is 19.3 Å². The van der Waals surface area contributed by atoms with E-state index in [9.17, 15) is 24.5 Å². The molecule has 2 aromatic rings. The van der Waals surface area contributed by atoms with E-state index in [0.29, 0.717) is 29.2 Å². The third kappa shape index (κ3) is 4.65. The number of hydrogen-bond acceptors (Lipinski definition) is 6. The summed E-state index contributed by atoms with van der Waals surface area (Å²) in [6.45, 7) is 2.16. The first-order chi connectivity index (χ1) is 16.3. The number of nitro benzene ring substituents is 1. The number of carbonyl (C=O) groups excluding carboxylic acids is 3. The molecule has 0 saturated carbocycles. The van der Waals surface area contributed by atoms with Crippen LogP contribution in [0.1, 0.15) is 28.8 Å². The van der Waals surface area contributed by atoms with Crippen LogP contribution >= 0.6 is 11.6 Å². The van der Waals surface area contributed by atoms with Crippen molar-refractivity contribution in [2.75, 3.05) is 23.7 Å². The SMILES string of the molecule is Cc1ccc(NC(=O)c2cc([N+](=O)[O-])ccc2NCCN2C(=O)[C@H]3CC=CC[C@H]3C2=O)cc1Cl. The number of aryl methyl sites for hydroxylation is 1. The Labute approximate surface area is 200 Å². The molecule has 2 atom stereocenters. The van der Waals surface area contributed by atoms with E-state index < -0.39 is 10.8 Å². The number of likely N-dealkylation sites (tertiary alicyclic amines) is 1. The van der Waals surface area contributed by atoms with E-state index in [1.54, 1.807) is 18.2 Å². The van der Waals surface area contributed by atoms with Crippen LogP contribution in [-0.2, 0) is 9.59 Å². The second kappa shape index (κ2) is 9.64. The Bertz CT molecular complexity index is 1190. The molecule has 0 radical (unpaired) electrons. The Kier molecular flexibility index (Phi) is 6.65. The third-order valence-electron chi connectivity index (χ3n) is 6.14. The second-order valence-corrected chi connectivity index (χ2v) is 8.72. The van der Waals surface area contributed by atoms with Crippen LogP contribution in [0.25, 0.3) is 0 Å². The predicted molar refractivity (Wildman–Crippen MR) is 128 cm³/mol. The number of amides is 3. The van der Waals surface area contributed by atoms with E-state index in [-0.39, 0.29) is 48.0 Å². The fourth-order valence-corrected chi connectivity index (χ4v) is 4.43. The summed E-state index contributed by atoms with van der Waals surface area (Å²) in [6.07, 6.45) is 4.98. The van der Waals surface area contributed by atoms with Crippen LogP contribution in [0.15, 0.2) is 48.6 Å². The highest BCUT2D eigenvalue weighted by Crippen LogP contribution is 2.35. The van der Waals surface area contributed by atoms with Crippen molar-refractivity contribution in [2.24, 2.45) is 11.8 Å². The van der Waals surface area contributed by atoms with Gasteiger partial charge in [0.15, 0.2) is 0 Å². The summed E-state index contributed by atoms with van der Waals surface area (Å²) in [5.74, 6) is -1.53. The highest BCUT2D eigenvalue weighted by Gasteiger charge is 2.46. The van der Waals surface area contributed by atoms with E-state index >= 15 is 0 Å². The fraction of sp³-hybridized carbons (Fsp3) is 0.292. The molecule has 0 aromatic heterocycles. The maximum atomic E-state index is 13.0. The average Bonchev–Trinajstić information content (AvgIpc) is 3.06. The Balaban J connectivity index is 1.48. The lowest BCUT2D eigenvalue weighted by atomic mass is 9.85. The van der Waals surface area contributed by atoms with Gasteiger partial charge in [-0.25, -0.2) is 0 Å². The molecule has 1 aliphatic carbocycles. The number of fused-ring (bicyclic) bond motifs is 1. The summed E-state index contributed by atoms with van der Waals surface area (Å²) in [4.78, 5) is 50.2. The molecule has 10 heteroatoms. The van der Waals surface area contributed by atoms with Gasteiger partial charge in [0.25, 0.3) is 11.6 Å². The maximum absolute atomic E-state index is 13.0. The number of halogens is 1. The minimum atomic E-state index is -0.583. The van der Waals surface area contributed by atoms with Crippen LogP contribution in [-0.4, -0.2) is 40.6 Å². The normalized spacial score (nSPS) is 19.2. The predicted octanol–water partition coefficient (Wildman–Crippen LogP) is 4.17. The summed E-state index contributed by atoms with van der Waals surface area (Å²) < 4.78 is 0. The standard InChI is InChI=1S/C24H23ClN4O5/c1-14-6-7-15(12-20(14)25)27-22(30)19-13-16(29(33)34)8-9-21(19)26-10-11-28-23(31)17-4-2-3-5-18(17)24(28)32/h2-3,6-9,12-13,17-18,26H,4-5,10-11H2,1H3,(H,27,30)/t17-,18+. The van der Waals surface area contributed by atoms with Gasteiger partial charge in [0.1, 0.15) is 0 Å². The molecule has 2 N–H and O–H groups in total. The van der Waals surface area contributed by atoms with Crippen LogP contribution in [0.4, 0.5) is 17.1 Å². The van der Waals surface area contributed by atoms with Gasteiger partial charge in [0.2, 0.25) is 11.8 Å². The monoisotopic (exact) mass is 482 g/mol. The number of nitro groups is 1. The summed E-state index contributed by atoms with van der Waals surface area (Å²) >= 11 is 6.12. The molecule has 4 rings (SSSR count). The maximum Gasteiger partial charge on any atom is 0.270 e. The molecule has 9 nitrogen and oxygen atoms in total. The summed E-state index contributed by atoms with van der Waals surface area (Å²) in [7, 11) is 0. The van der Waals surface area contributed by atoms with E-state index in [1.165, 1.54) is 23.1 Å². The molecule has 0 unspecified atom stereocenters. The fourth-order valence-electron chi connectivity index (χ4n) is 4.25. The minimum Gasteiger partial charge on any atom is -0.383 e. The number of benzene rings is 2. The smallest absolute Gasteiger partial charge is 0.270 e. The van der Waals surface area contributed by atoms with Crippen LogP contribution in [0.5, 0.6) is 0 Å². The van der Waals surface area contributed by atoms with Gasteiger partial charge in [0.05, 0.1) is 22.3 Å². The second-order valence-electron chi connectivity index (χ2n) is 8.32. The largest absolute Gasteiger partial charge is 0.383 e. The molecule has 3 amide bonds. The van der Waals surface area contributed by atoms with Crippen molar-refractivity contribution in [3.8, 4) is 0 Å². The van der Waals surface area contributed by atoms with Crippen LogP contribution in [0.3, 0.4) is 0 Å². The first-order valence-corrected chi connectivity index (χ1v) is 11.2. The summed E-state index contributed by atoms with van der Waals surface area (Å²) in [5, 5.41) is 17.5. The van der Waals surface area contributed by atoms with Crippen LogP contribution < -0.4 is 10.6 Å². The van der Waals surface area contributed by atoms with Crippen molar-refractivity contribution in [3.63, 3.8) is 0 Å². The number of nitrogens with one attached hydrogen (secondary N) is 2. The Morgan fingerprint density at radius 1 is 1.12 bits per heavy atom. The van der Waals surface area contributed by atoms with E-state index in [1.807, 2.05) is 19.1 Å². The first kappa shape index (κ1) is 23.4. The Morgan fingerprint density at radius 3 is 2.41 bits per heavy atom. The highest BCUT2D eigenvalue weighted by molar-refractivity contribution is 6.31. The van der Waals surface area contributed by atoms with Gasteiger partial charge in [0, 0.05) is 41.6 Å². The zero-order valence-electron chi connectivity index (χ0n) is 18.4. The number of imide groups is 1. The van der Waals surface area contributed by atoms with E-state index in [0.717, 1.165) is 5.56 Å². The number of hydrogen-bond donors (Lipinski definition) is 2. The minimum absolute atomic E-state index is 0.0582. The number of anilines is 2. The Morgan fingerprint density at radius 2 is 1.79 bits per heavy atom. The molecule has 0 spiro atoms. The van der Waals surface area contributed by atoms with Crippen molar-refractivity contribution >= 4 is 46.4 Å². The third-order valence-corrected chi connectivity index (χ3v) is 6.55. The van der Waals surface area contributed by atoms with Crippen molar-refractivity contribution in [1.29, 1.82) is 0 Å². The van der Waals surface area contributed by atoms with Gasteiger partial charge in [-0.1, -0.05) is 29.8 Å². The first-order valence-electron chi connectivity index (χ1n) is 10.9. The van der Waals surface area contributed by atoms with Crippen LogP contribution in [0.2, 0.25) is 5.02 Å². The number of carbonyl (C=O) groups is 3. The molecule has 34 heavy (non-hydrogen) atoms. The summed E-state index contributed by atoms with van der Waals surface area (Å²) in [6, 6.07) is 8.93. The van der Waals surface area contributed by atoms with Gasteiger partial charge in [-0.3, -0.25) is 29.4 Å². The van der Waals surface area contributed by atoms with E-state index in [4.69, 9.17) is 11.6 Å². The van der Waals surface area contributed by atoms with Gasteiger partial charge < -0.3 is 10.6 Å². The lowest BCUT2D eigenvalue weighted by molar-refractivity contribution is -0.384. The number of nitrogens with zero attached hydrogens (tertiary/aromatic N) is 2. The molecule has 176 valence electrons. The van der Waals surface area contributed by atoms with Gasteiger partial charge >= 0.3 is 0 Å².